The zero-order chi connectivity index (χ0) is 22.2. The standard InChI is InChI=1S/C25H31N3O4/c29-24(20-32-22-10-5-2-6-11-22)27-13-7-12-26(14-15-27)18-23-19-28(16-17-31-23)25(30)21-8-3-1-4-9-21/h1-6,8-11,23H,7,12-20H2. The summed E-state index contributed by atoms with van der Waals surface area (Å²) in [7, 11) is 0. The predicted molar refractivity (Wildman–Crippen MR) is 122 cm³/mol. The van der Waals surface area contributed by atoms with Gasteiger partial charge in [-0.3, -0.25) is 14.5 Å². The van der Waals surface area contributed by atoms with Crippen LogP contribution in [0.3, 0.4) is 0 Å². The SMILES string of the molecule is O=C(COc1ccccc1)N1CCCN(CC2CN(C(=O)c3ccccc3)CCO2)CC1. The summed E-state index contributed by atoms with van der Waals surface area (Å²) in [5.41, 5.74) is 0.717. The van der Waals surface area contributed by atoms with Gasteiger partial charge in [0.25, 0.3) is 11.8 Å². The minimum Gasteiger partial charge on any atom is -0.484 e. The van der Waals surface area contributed by atoms with Crippen LogP contribution in [0, 0.1) is 0 Å². The van der Waals surface area contributed by atoms with E-state index in [0.29, 0.717) is 32.0 Å². The molecule has 2 fully saturated rings. The second kappa shape index (κ2) is 11.1. The lowest BCUT2D eigenvalue weighted by Gasteiger charge is -2.35. The highest BCUT2D eigenvalue weighted by molar-refractivity contribution is 5.94. The zero-order valence-electron chi connectivity index (χ0n) is 18.4. The molecule has 0 aliphatic carbocycles. The second-order valence-corrected chi connectivity index (χ2v) is 8.25. The molecule has 0 radical (unpaired) electrons. The number of carbonyl (C=O) groups excluding carboxylic acids is 2. The second-order valence-electron chi connectivity index (χ2n) is 8.25. The fourth-order valence-electron chi connectivity index (χ4n) is 4.22. The monoisotopic (exact) mass is 437 g/mol. The highest BCUT2D eigenvalue weighted by Gasteiger charge is 2.28. The van der Waals surface area contributed by atoms with Gasteiger partial charge in [-0.1, -0.05) is 36.4 Å². The van der Waals surface area contributed by atoms with Crippen molar-refractivity contribution in [3.8, 4) is 5.75 Å². The Bertz CT molecular complexity index is 877. The first kappa shape index (κ1) is 22.3. The average molecular weight is 438 g/mol. The van der Waals surface area contributed by atoms with Crippen LogP contribution in [0.15, 0.2) is 60.7 Å². The van der Waals surface area contributed by atoms with Gasteiger partial charge in [0.1, 0.15) is 5.75 Å². The Balaban J connectivity index is 1.24. The molecule has 7 nitrogen and oxygen atoms in total. The summed E-state index contributed by atoms with van der Waals surface area (Å²) in [6.07, 6.45) is 0.899. The Morgan fingerprint density at radius 2 is 1.62 bits per heavy atom. The Labute approximate surface area is 189 Å². The molecule has 2 heterocycles. The Kier molecular flexibility index (Phi) is 7.74. The molecule has 7 heteroatoms. The van der Waals surface area contributed by atoms with E-state index in [0.717, 1.165) is 38.2 Å². The van der Waals surface area contributed by atoms with Crippen LogP contribution >= 0.6 is 0 Å². The van der Waals surface area contributed by atoms with Crippen LogP contribution in [0.25, 0.3) is 0 Å². The summed E-state index contributed by atoms with van der Waals surface area (Å²) >= 11 is 0. The molecule has 2 aromatic rings. The van der Waals surface area contributed by atoms with Crippen molar-refractivity contribution in [2.45, 2.75) is 12.5 Å². The van der Waals surface area contributed by atoms with E-state index in [1.54, 1.807) is 0 Å². The maximum atomic E-state index is 12.8. The highest BCUT2D eigenvalue weighted by Crippen LogP contribution is 2.14. The molecule has 0 spiro atoms. The molecule has 0 bridgehead atoms. The third-order valence-corrected chi connectivity index (χ3v) is 5.96. The van der Waals surface area contributed by atoms with E-state index in [1.165, 1.54) is 0 Å². The number of benzene rings is 2. The van der Waals surface area contributed by atoms with Crippen molar-refractivity contribution in [1.82, 2.24) is 14.7 Å². The summed E-state index contributed by atoms with van der Waals surface area (Å²) in [4.78, 5) is 31.5. The van der Waals surface area contributed by atoms with Crippen molar-refractivity contribution in [3.63, 3.8) is 0 Å². The average Bonchev–Trinajstić information content (AvgIpc) is 3.09. The molecule has 0 aromatic heterocycles. The van der Waals surface area contributed by atoms with Crippen molar-refractivity contribution in [1.29, 1.82) is 0 Å². The minimum atomic E-state index is -0.0138. The van der Waals surface area contributed by atoms with Gasteiger partial charge in [0, 0.05) is 44.8 Å². The number of hydrogen-bond acceptors (Lipinski definition) is 5. The molecule has 1 atom stereocenters. The van der Waals surface area contributed by atoms with Crippen molar-refractivity contribution in [2.75, 3.05) is 59.0 Å². The first-order chi connectivity index (χ1) is 15.7. The molecular formula is C25H31N3O4. The van der Waals surface area contributed by atoms with Crippen LogP contribution in [0.4, 0.5) is 0 Å². The topological polar surface area (TPSA) is 62.3 Å². The third-order valence-electron chi connectivity index (χ3n) is 5.96. The zero-order valence-corrected chi connectivity index (χ0v) is 18.4. The molecule has 1 unspecified atom stereocenters. The smallest absolute Gasteiger partial charge is 0.260 e. The van der Waals surface area contributed by atoms with E-state index in [9.17, 15) is 9.59 Å². The number of morpholine rings is 1. The van der Waals surface area contributed by atoms with Gasteiger partial charge in [0.15, 0.2) is 6.61 Å². The summed E-state index contributed by atoms with van der Waals surface area (Å²) in [5, 5.41) is 0. The summed E-state index contributed by atoms with van der Waals surface area (Å²) < 4.78 is 11.6. The number of hydrogen-bond donors (Lipinski definition) is 0. The van der Waals surface area contributed by atoms with Crippen LogP contribution in [-0.2, 0) is 9.53 Å². The largest absolute Gasteiger partial charge is 0.484 e. The Morgan fingerprint density at radius 1 is 0.875 bits per heavy atom. The molecule has 2 aliphatic heterocycles. The fraction of sp³-hybridized carbons (Fsp3) is 0.440. The van der Waals surface area contributed by atoms with Gasteiger partial charge in [-0.25, -0.2) is 0 Å². The number of carbonyl (C=O) groups is 2. The molecular weight excluding hydrogens is 406 g/mol. The molecule has 2 aromatic carbocycles. The van der Waals surface area contributed by atoms with E-state index < -0.39 is 0 Å². The van der Waals surface area contributed by atoms with Crippen LogP contribution in [0.1, 0.15) is 16.8 Å². The lowest BCUT2D eigenvalue weighted by molar-refractivity contribution is -0.133. The fourth-order valence-corrected chi connectivity index (χ4v) is 4.22. The number of para-hydroxylation sites is 1. The number of amides is 2. The maximum Gasteiger partial charge on any atom is 0.260 e. The molecule has 0 N–H and O–H groups in total. The molecule has 32 heavy (non-hydrogen) atoms. The molecule has 2 saturated heterocycles. The van der Waals surface area contributed by atoms with E-state index >= 15 is 0 Å². The summed E-state index contributed by atoms with van der Waals surface area (Å²) in [6, 6.07) is 18.8. The quantitative estimate of drug-likeness (QED) is 0.693. The Morgan fingerprint density at radius 3 is 2.41 bits per heavy atom. The molecule has 0 saturated carbocycles. The van der Waals surface area contributed by atoms with Gasteiger partial charge in [-0.2, -0.15) is 0 Å². The minimum absolute atomic E-state index is 0.0138. The van der Waals surface area contributed by atoms with Crippen molar-refractivity contribution in [2.24, 2.45) is 0 Å². The number of rotatable bonds is 6. The van der Waals surface area contributed by atoms with Crippen molar-refractivity contribution >= 4 is 11.8 Å². The lowest BCUT2D eigenvalue weighted by Crippen LogP contribution is -2.50. The third kappa shape index (κ3) is 6.08. The van der Waals surface area contributed by atoms with E-state index in [4.69, 9.17) is 9.47 Å². The summed E-state index contributed by atoms with van der Waals surface area (Å²) in [6.45, 7) is 5.71. The van der Waals surface area contributed by atoms with Gasteiger partial charge in [-0.05, 0) is 37.2 Å². The predicted octanol–water partition coefficient (Wildman–Crippen LogP) is 2.14. The van der Waals surface area contributed by atoms with Gasteiger partial charge < -0.3 is 19.3 Å². The normalized spacial score (nSPS) is 19.9. The molecule has 2 amide bonds. The van der Waals surface area contributed by atoms with Gasteiger partial charge in [0.2, 0.25) is 0 Å². The number of ether oxygens (including phenoxy) is 2. The maximum absolute atomic E-state index is 12.8. The highest BCUT2D eigenvalue weighted by atomic mass is 16.5. The van der Waals surface area contributed by atoms with Crippen LogP contribution < -0.4 is 4.74 Å². The van der Waals surface area contributed by atoms with Gasteiger partial charge >= 0.3 is 0 Å². The first-order valence-electron chi connectivity index (χ1n) is 11.3. The van der Waals surface area contributed by atoms with E-state index in [2.05, 4.69) is 4.90 Å². The van der Waals surface area contributed by atoms with Gasteiger partial charge in [0.05, 0.1) is 12.7 Å². The number of nitrogens with zero attached hydrogens (tertiary/aromatic N) is 3. The van der Waals surface area contributed by atoms with Crippen molar-refractivity contribution in [3.05, 3.63) is 66.2 Å². The molecule has 2 aliphatic rings. The van der Waals surface area contributed by atoms with Crippen LogP contribution in [-0.4, -0.2) is 91.6 Å². The lowest BCUT2D eigenvalue weighted by atomic mass is 10.1. The first-order valence-corrected chi connectivity index (χ1v) is 11.3. The summed E-state index contributed by atoms with van der Waals surface area (Å²) in [5.74, 6) is 0.788. The Hall–Kier alpha value is -2.90. The molecule has 4 rings (SSSR count). The van der Waals surface area contributed by atoms with E-state index in [1.807, 2.05) is 70.5 Å². The van der Waals surface area contributed by atoms with Crippen LogP contribution in [0.2, 0.25) is 0 Å². The van der Waals surface area contributed by atoms with E-state index in [-0.39, 0.29) is 24.5 Å². The van der Waals surface area contributed by atoms with Crippen LogP contribution in [0.5, 0.6) is 5.75 Å². The van der Waals surface area contributed by atoms with Gasteiger partial charge in [-0.15, -0.1) is 0 Å². The molecule has 170 valence electrons. The van der Waals surface area contributed by atoms with Crippen molar-refractivity contribution < 1.29 is 19.1 Å².